The number of rotatable bonds is 6. The van der Waals surface area contributed by atoms with Crippen molar-refractivity contribution in [3.05, 3.63) is 44.5 Å². The van der Waals surface area contributed by atoms with Gasteiger partial charge in [0, 0.05) is 18.3 Å². The Bertz CT molecular complexity index is 906. The van der Waals surface area contributed by atoms with Gasteiger partial charge in [0.05, 0.1) is 20.8 Å². The number of ether oxygens (including phenoxy) is 2. The molecule has 7 nitrogen and oxygen atoms in total. The van der Waals surface area contributed by atoms with Gasteiger partial charge in [-0.2, -0.15) is 0 Å². The van der Waals surface area contributed by atoms with E-state index in [-0.39, 0.29) is 22.3 Å². The van der Waals surface area contributed by atoms with Gasteiger partial charge in [-0.25, -0.2) is 0 Å². The van der Waals surface area contributed by atoms with Crippen LogP contribution in [0.1, 0.15) is 30.0 Å². The first kappa shape index (κ1) is 17.2. The zero-order valence-corrected chi connectivity index (χ0v) is 14.8. The zero-order chi connectivity index (χ0) is 18.0. The largest absolute Gasteiger partial charge is 0.497 e. The van der Waals surface area contributed by atoms with Crippen LogP contribution in [0.5, 0.6) is 17.4 Å². The highest BCUT2D eigenvalue weighted by atomic mass is 32.1. The van der Waals surface area contributed by atoms with Gasteiger partial charge in [0.15, 0.2) is 4.77 Å². The molecule has 25 heavy (non-hydrogen) atoms. The highest BCUT2D eigenvalue weighted by Gasteiger charge is 2.27. The smallest absolute Gasteiger partial charge is 0.264 e. The molecule has 0 atom stereocenters. The van der Waals surface area contributed by atoms with Gasteiger partial charge < -0.3 is 14.6 Å². The first-order chi connectivity index (χ1) is 12.0. The van der Waals surface area contributed by atoms with Crippen molar-refractivity contribution < 1.29 is 14.6 Å². The van der Waals surface area contributed by atoms with Crippen LogP contribution < -0.4 is 15.0 Å². The van der Waals surface area contributed by atoms with Crippen molar-refractivity contribution in [2.75, 3.05) is 14.2 Å². The number of nitrogens with one attached hydrogen (secondary N) is 1. The van der Waals surface area contributed by atoms with Crippen LogP contribution in [0.3, 0.4) is 0 Å². The summed E-state index contributed by atoms with van der Waals surface area (Å²) in [6.45, 7) is 0.311. The minimum Gasteiger partial charge on any atom is -0.497 e. The zero-order valence-electron chi connectivity index (χ0n) is 14.0. The minimum absolute atomic E-state index is 0.107. The number of nitrogens with zero attached hydrogens (tertiary/aromatic N) is 2. The molecular weight excluding hydrogens is 342 g/mol. The van der Waals surface area contributed by atoms with Crippen molar-refractivity contribution in [2.24, 2.45) is 4.99 Å². The van der Waals surface area contributed by atoms with E-state index in [0.717, 1.165) is 18.4 Å². The van der Waals surface area contributed by atoms with Crippen LogP contribution in [0.25, 0.3) is 0 Å². The number of benzene rings is 1. The molecule has 132 valence electrons. The molecule has 0 unspecified atom stereocenters. The second kappa shape index (κ2) is 7.10. The van der Waals surface area contributed by atoms with Crippen molar-refractivity contribution in [2.45, 2.75) is 25.4 Å². The Kier molecular flexibility index (Phi) is 4.89. The van der Waals surface area contributed by atoms with Crippen LogP contribution >= 0.6 is 12.2 Å². The standard InChI is InChI=1S/C17H19N3O4S/c1-23-12-5-10(6-13(7-12)24-2)8-18-9-14-15(21)19-17(25)20(16(14)22)11-3-4-11/h5-7,9,11,22H,3-4,8H2,1-2H3,(H,19,21,25). The fourth-order valence-corrected chi connectivity index (χ4v) is 2.87. The maximum absolute atomic E-state index is 12.1. The fourth-order valence-electron chi connectivity index (χ4n) is 2.54. The molecule has 2 N–H and O–H groups in total. The number of hydrogen-bond acceptors (Lipinski definition) is 6. The van der Waals surface area contributed by atoms with Gasteiger partial charge in [0.1, 0.15) is 17.1 Å². The van der Waals surface area contributed by atoms with E-state index < -0.39 is 5.56 Å². The predicted molar refractivity (Wildman–Crippen MR) is 96.7 cm³/mol. The van der Waals surface area contributed by atoms with E-state index in [1.165, 1.54) is 6.21 Å². The summed E-state index contributed by atoms with van der Waals surface area (Å²) in [7, 11) is 3.15. The number of methoxy groups -OCH3 is 2. The molecule has 1 aliphatic carbocycles. The van der Waals surface area contributed by atoms with Crippen LogP contribution in [0.15, 0.2) is 28.0 Å². The van der Waals surface area contributed by atoms with E-state index >= 15 is 0 Å². The van der Waals surface area contributed by atoms with Gasteiger partial charge in [0.2, 0.25) is 5.88 Å². The molecule has 8 heteroatoms. The molecule has 1 aliphatic rings. The lowest BCUT2D eigenvalue weighted by Crippen LogP contribution is -2.18. The lowest BCUT2D eigenvalue weighted by molar-refractivity contribution is 0.393. The summed E-state index contributed by atoms with van der Waals surface area (Å²) in [5, 5.41) is 10.4. The average molecular weight is 361 g/mol. The van der Waals surface area contributed by atoms with Crippen LogP contribution in [0.4, 0.5) is 0 Å². The Morgan fingerprint density at radius 3 is 2.52 bits per heavy atom. The molecule has 0 amide bonds. The minimum atomic E-state index is -0.452. The lowest BCUT2D eigenvalue weighted by atomic mass is 10.2. The Morgan fingerprint density at radius 1 is 1.32 bits per heavy atom. The Balaban J connectivity index is 1.87. The normalized spacial score (nSPS) is 14.0. The predicted octanol–water partition coefficient (Wildman–Crippen LogP) is 2.58. The van der Waals surface area contributed by atoms with Gasteiger partial charge >= 0.3 is 0 Å². The molecule has 3 rings (SSSR count). The summed E-state index contributed by atoms with van der Waals surface area (Å²) in [5.74, 6) is 1.18. The van der Waals surface area contributed by atoms with E-state index in [9.17, 15) is 9.90 Å². The van der Waals surface area contributed by atoms with E-state index in [0.29, 0.717) is 18.0 Å². The first-order valence-corrected chi connectivity index (χ1v) is 8.24. The van der Waals surface area contributed by atoms with Gasteiger partial charge in [-0.05, 0) is 42.8 Å². The van der Waals surface area contributed by atoms with Crippen molar-refractivity contribution in [1.82, 2.24) is 9.55 Å². The highest BCUT2D eigenvalue weighted by Crippen LogP contribution is 2.37. The van der Waals surface area contributed by atoms with E-state index in [4.69, 9.17) is 21.7 Å². The van der Waals surface area contributed by atoms with Gasteiger partial charge in [-0.15, -0.1) is 0 Å². The van der Waals surface area contributed by atoms with Crippen molar-refractivity contribution in [3.63, 3.8) is 0 Å². The molecule has 0 spiro atoms. The first-order valence-electron chi connectivity index (χ1n) is 7.83. The monoisotopic (exact) mass is 361 g/mol. The van der Waals surface area contributed by atoms with Gasteiger partial charge in [-0.3, -0.25) is 19.3 Å². The third-order valence-electron chi connectivity index (χ3n) is 3.97. The Morgan fingerprint density at radius 2 is 1.96 bits per heavy atom. The summed E-state index contributed by atoms with van der Waals surface area (Å²) in [6, 6.07) is 5.59. The van der Waals surface area contributed by atoms with E-state index in [2.05, 4.69) is 9.98 Å². The van der Waals surface area contributed by atoms with Gasteiger partial charge in [-0.1, -0.05) is 0 Å². The van der Waals surface area contributed by atoms with Crippen LogP contribution in [-0.4, -0.2) is 35.1 Å². The Labute approximate surface area is 149 Å². The maximum Gasteiger partial charge on any atom is 0.264 e. The van der Waals surface area contributed by atoms with Crippen molar-refractivity contribution in [1.29, 1.82) is 0 Å². The van der Waals surface area contributed by atoms with E-state index in [1.807, 2.05) is 12.1 Å². The second-order valence-electron chi connectivity index (χ2n) is 5.79. The third kappa shape index (κ3) is 3.74. The summed E-state index contributed by atoms with van der Waals surface area (Å²) in [4.78, 5) is 18.9. The van der Waals surface area contributed by atoms with Crippen molar-refractivity contribution in [3.8, 4) is 17.4 Å². The molecule has 1 aromatic carbocycles. The van der Waals surface area contributed by atoms with Crippen LogP contribution in [0, 0.1) is 4.77 Å². The third-order valence-corrected chi connectivity index (χ3v) is 4.27. The van der Waals surface area contributed by atoms with E-state index in [1.54, 1.807) is 24.9 Å². The summed E-state index contributed by atoms with van der Waals surface area (Å²) >= 11 is 5.12. The molecule has 1 aromatic heterocycles. The average Bonchev–Trinajstić information content (AvgIpc) is 3.42. The van der Waals surface area contributed by atoms with Crippen molar-refractivity contribution >= 4 is 18.4 Å². The van der Waals surface area contributed by atoms with Gasteiger partial charge in [0.25, 0.3) is 5.56 Å². The summed E-state index contributed by atoms with van der Waals surface area (Å²) in [5.41, 5.74) is 0.514. The summed E-state index contributed by atoms with van der Waals surface area (Å²) < 4.78 is 12.3. The fraction of sp³-hybridized carbons (Fsp3) is 0.353. The molecule has 0 aliphatic heterocycles. The molecule has 2 aromatic rings. The molecule has 0 bridgehead atoms. The topological polar surface area (TPSA) is 88.8 Å². The highest BCUT2D eigenvalue weighted by molar-refractivity contribution is 7.71. The number of H-pyrrole nitrogens is 1. The number of aromatic nitrogens is 2. The summed E-state index contributed by atoms with van der Waals surface area (Å²) in [6.07, 6.45) is 3.25. The number of aromatic amines is 1. The molecule has 1 fully saturated rings. The molecule has 0 radical (unpaired) electrons. The number of aromatic hydroxyl groups is 1. The lowest BCUT2D eigenvalue weighted by Gasteiger charge is -2.09. The van der Waals surface area contributed by atoms with Crippen LogP contribution in [0.2, 0.25) is 0 Å². The second-order valence-corrected chi connectivity index (χ2v) is 6.18. The maximum atomic E-state index is 12.1. The number of aliphatic imine (C=N–C) groups is 1. The molecule has 0 saturated heterocycles. The van der Waals surface area contributed by atoms with Crippen LogP contribution in [-0.2, 0) is 6.54 Å². The molecule has 1 saturated carbocycles. The molecular formula is C17H19N3O4S. The Hall–Kier alpha value is -2.61. The quantitative estimate of drug-likeness (QED) is 0.610. The molecule has 1 heterocycles. The SMILES string of the molecule is COc1cc(CN=Cc2c(O)n(C3CC3)c(=S)[nH]c2=O)cc(OC)c1. The number of hydrogen-bond donors (Lipinski definition) is 2.